The van der Waals surface area contributed by atoms with Crippen LogP contribution in [0.25, 0.3) is 0 Å². The molecule has 0 radical (unpaired) electrons. The quantitative estimate of drug-likeness (QED) is 0.831. The Kier molecular flexibility index (Phi) is 5.20. The molecule has 0 aliphatic carbocycles. The number of aromatic nitrogens is 3. The van der Waals surface area contributed by atoms with Crippen molar-refractivity contribution in [3.8, 4) is 0 Å². The molecule has 2 aromatic rings. The number of nitrogens with zero attached hydrogens (tertiary/aromatic N) is 5. The minimum Gasteiger partial charge on any atom is -0.377 e. The van der Waals surface area contributed by atoms with Gasteiger partial charge in [-0.2, -0.15) is 4.37 Å². The number of ether oxygens (including phenoxy) is 1. The van der Waals surface area contributed by atoms with Gasteiger partial charge in [-0.25, -0.2) is 4.98 Å². The van der Waals surface area contributed by atoms with Crippen LogP contribution in [0.3, 0.4) is 0 Å². The predicted octanol–water partition coefficient (Wildman–Crippen LogP) is 2.06. The highest BCUT2D eigenvalue weighted by atomic mass is 35.5. The van der Waals surface area contributed by atoms with Gasteiger partial charge in [0.1, 0.15) is 6.61 Å². The van der Waals surface area contributed by atoms with Crippen LogP contribution in [0.15, 0.2) is 18.3 Å². The Morgan fingerprint density at radius 3 is 2.77 bits per heavy atom. The maximum absolute atomic E-state index is 5.86. The van der Waals surface area contributed by atoms with Gasteiger partial charge in [0.15, 0.2) is 5.82 Å². The van der Waals surface area contributed by atoms with Crippen LogP contribution >= 0.6 is 23.1 Å². The van der Waals surface area contributed by atoms with Crippen LogP contribution in [0.2, 0.25) is 5.02 Å². The van der Waals surface area contributed by atoms with E-state index in [9.17, 15) is 0 Å². The molecular weight excluding hydrogens is 322 g/mol. The standard InChI is InChI=1S/C14H18ClN5OS/c1-21-10-13-17-14(22-18-13)20-6-4-19(5-7-20)9-12-3-2-11(15)8-16-12/h2-3,8H,4-7,9-10H2,1H3. The van der Waals surface area contributed by atoms with E-state index < -0.39 is 0 Å². The van der Waals surface area contributed by atoms with E-state index in [-0.39, 0.29) is 0 Å². The van der Waals surface area contributed by atoms with Crippen molar-refractivity contribution in [2.75, 3.05) is 38.2 Å². The van der Waals surface area contributed by atoms with Crippen molar-refractivity contribution in [1.82, 2.24) is 19.2 Å². The molecule has 0 spiro atoms. The van der Waals surface area contributed by atoms with Crippen LogP contribution in [0.1, 0.15) is 11.5 Å². The van der Waals surface area contributed by atoms with Crippen molar-refractivity contribution >= 4 is 28.3 Å². The first-order chi connectivity index (χ1) is 10.7. The molecule has 0 unspecified atom stereocenters. The highest BCUT2D eigenvalue weighted by Crippen LogP contribution is 2.20. The Balaban J connectivity index is 1.52. The van der Waals surface area contributed by atoms with Gasteiger partial charge < -0.3 is 9.64 Å². The minimum atomic E-state index is 0.471. The lowest BCUT2D eigenvalue weighted by Crippen LogP contribution is -2.46. The van der Waals surface area contributed by atoms with Crippen LogP contribution < -0.4 is 4.90 Å². The highest BCUT2D eigenvalue weighted by Gasteiger charge is 2.20. The molecule has 1 saturated heterocycles. The molecule has 6 nitrogen and oxygen atoms in total. The zero-order valence-corrected chi connectivity index (χ0v) is 14.0. The fourth-order valence-corrected chi connectivity index (χ4v) is 3.22. The fraction of sp³-hybridized carbons (Fsp3) is 0.500. The molecule has 0 bridgehead atoms. The fourth-order valence-electron chi connectivity index (χ4n) is 2.39. The van der Waals surface area contributed by atoms with Gasteiger partial charge in [0.2, 0.25) is 5.13 Å². The normalized spacial score (nSPS) is 16.2. The minimum absolute atomic E-state index is 0.471. The van der Waals surface area contributed by atoms with Gasteiger partial charge in [-0.05, 0) is 12.1 Å². The summed E-state index contributed by atoms with van der Waals surface area (Å²) in [7, 11) is 1.66. The van der Waals surface area contributed by atoms with Crippen LogP contribution in [-0.2, 0) is 17.9 Å². The number of halogens is 1. The smallest absolute Gasteiger partial charge is 0.205 e. The summed E-state index contributed by atoms with van der Waals surface area (Å²) in [6.07, 6.45) is 1.70. The molecule has 1 aliphatic rings. The zero-order valence-electron chi connectivity index (χ0n) is 12.4. The Bertz CT molecular complexity index is 598. The van der Waals surface area contributed by atoms with Gasteiger partial charge in [0.25, 0.3) is 0 Å². The number of pyridine rings is 1. The lowest BCUT2D eigenvalue weighted by atomic mass is 10.3. The summed E-state index contributed by atoms with van der Waals surface area (Å²) in [5.74, 6) is 0.760. The van der Waals surface area contributed by atoms with Crippen molar-refractivity contribution < 1.29 is 4.74 Å². The van der Waals surface area contributed by atoms with Gasteiger partial charge in [0, 0.05) is 57.6 Å². The molecule has 0 aromatic carbocycles. The molecule has 0 amide bonds. The van der Waals surface area contributed by atoms with Crippen molar-refractivity contribution in [2.24, 2.45) is 0 Å². The summed E-state index contributed by atoms with van der Waals surface area (Å²) >= 11 is 7.30. The van der Waals surface area contributed by atoms with E-state index in [2.05, 4.69) is 24.1 Å². The average Bonchev–Trinajstić information content (AvgIpc) is 2.99. The number of piperazine rings is 1. The molecule has 3 rings (SSSR count). The van der Waals surface area contributed by atoms with Crippen LogP contribution in [-0.4, -0.2) is 52.5 Å². The first-order valence-corrected chi connectivity index (χ1v) is 8.29. The first-order valence-electron chi connectivity index (χ1n) is 7.14. The van der Waals surface area contributed by atoms with Gasteiger partial charge in [-0.3, -0.25) is 9.88 Å². The molecule has 2 aromatic heterocycles. The second kappa shape index (κ2) is 7.32. The van der Waals surface area contributed by atoms with E-state index in [4.69, 9.17) is 16.3 Å². The summed E-state index contributed by atoms with van der Waals surface area (Å²) in [6.45, 7) is 5.21. The number of rotatable bonds is 5. The second-order valence-corrected chi connectivity index (χ2v) is 6.32. The van der Waals surface area contributed by atoms with E-state index >= 15 is 0 Å². The average molecular weight is 340 g/mol. The van der Waals surface area contributed by atoms with Crippen molar-refractivity contribution in [3.63, 3.8) is 0 Å². The highest BCUT2D eigenvalue weighted by molar-refractivity contribution is 7.09. The Morgan fingerprint density at radius 2 is 2.09 bits per heavy atom. The molecule has 22 heavy (non-hydrogen) atoms. The van der Waals surface area contributed by atoms with Crippen molar-refractivity contribution in [2.45, 2.75) is 13.2 Å². The summed E-state index contributed by atoms with van der Waals surface area (Å²) in [6, 6.07) is 3.87. The predicted molar refractivity (Wildman–Crippen MR) is 87.4 cm³/mol. The third kappa shape index (κ3) is 3.92. The van der Waals surface area contributed by atoms with Gasteiger partial charge in [-0.15, -0.1) is 0 Å². The monoisotopic (exact) mass is 339 g/mol. The van der Waals surface area contributed by atoms with Crippen LogP contribution in [0, 0.1) is 0 Å². The molecule has 8 heteroatoms. The van der Waals surface area contributed by atoms with Crippen molar-refractivity contribution in [1.29, 1.82) is 0 Å². The lowest BCUT2D eigenvalue weighted by Gasteiger charge is -2.34. The molecule has 118 valence electrons. The van der Waals surface area contributed by atoms with E-state index in [1.165, 1.54) is 11.5 Å². The third-order valence-corrected chi connectivity index (χ3v) is 4.59. The van der Waals surface area contributed by atoms with Crippen LogP contribution in [0.5, 0.6) is 0 Å². The molecular formula is C14H18ClN5OS. The Labute approximate surface area is 138 Å². The first kappa shape index (κ1) is 15.6. The maximum Gasteiger partial charge on any atom is 0.205 e. The Hall–Kier alpha value is -1.28. The number of anilines is 1. The second-order valence-electron chi connectivity index (χ2n) is 5.16. The molecule has 0 N–H and O–H groups in total. The molecule has 3 heterocycles. The summed E-state index contributed by atoms with van der Waals surface area (Å²) in [4.78, 5) is 13.5. The number of hydrogen-bond donors (Lipinski definition) is 0. The third-order valence-electron chi connectivity index (χ3n) is 3.55. The number of methoxy groups -OCH3 is 1. The summed E-state index contributed by atoms with van der Waals surface area (Å²) in [5, 5.41) is 1.66. The largest absolute Gasteiger partial charge is 0.377 e. The van der Waals surface area contributed by atoms with E-state index in [1.807, 2.05) is 12.1 Å². The topological polar surface area (TPSA) is 54.4 Å². The van der Waals surface area contributed by atoms with Crippen LogP contribution in [0.4, 0.5) is 5.13 Å². The summed E-state index contributed by atoms with van der Waals surface area (Å²) in [5.41, 5.74) is 1.05. The molecule has 1 fully saturated rings. The number of hydrogen-bond acceptors (Lipinski definition) is 7. The van der Waals surface area contributed by atoms with E-state index in [1.54, 1.807) is 13.3 Å². The molecule has 0 saturated carbocycles. The molecule has 1 aliphatic heterocycles. The lowest BCUT2D eigenvalue weighted by molar-refractivity contribution is 0.179. The maximum atomic E-state index is 5.86. The van der Waals surface area contributed by atoms with Gasteiger partial charge in [0.05, 0.1) is 10.7 Å². The van der Waals surface area contributed by atoms with E-state index in [0.29, 0.717) is 11.6 Å². The molecule has 0 atom stereocenters. The SMILES string of the molecule is COCc1nsc(N2CCN(Cc3ccc(Cl)cn3)CC2)n1. The Morgan fingerprint density at radius 1 is 1.27 bits per heavy atom. The van der Waals surface area contributed by atoms with Crippen molar-refractivity contribution in [3.05, 3.63) is 34.9 Å². The summed E-state index contributed by atoms with van der Waals surface area (Å²) < 4.78 is 9.36. The van der Waals surface area contributed by atoms with E-state index in [0.717, 1.165) is 49.4 Å². The van der Waals surface area contributed by atoms with Gasteiger partial charge >= 0.3 is 0 Å². The van der Waals surface area contributed by atoms with Gasteiger partial charge in [-0.1, -0.05) is 11.6 Å². The zero-order chi connectivity index (χ0) is 15.4.